The number of aromatic nitrogens is 4. The summed E-state index contributed by atoms with van der Waals surface area (Å²) in [6.45, 7) is 0. The first-order valence-electron chi connectivity index (χ1n) is 8.09. The molecular formula is C19H14F3N5. The van der Waals surface area contributed by atoms with Crippen LogP contribution in [0.1, 0.15) is 5.56 Å². The Morgan fingerprint density at radius 3 is 2.67 bits per heavy atom. The molecule has 27 heavy (non-hydrogen) atoms. The van der Waals surface area contributed by atoms with Crippen molar-refractivity contribution in [2.45, 2.75) is 6.18 Å². The molecule has 5 nitrogen and oxygen atoms in total. The molecular weight excluding hydrogens is 355 g/mol. The van der Waals surface area contributed by atoms with E-state index in [0.717, 1.165) is 28.7 Å². The van der Waals surface area contributed by atoms with Crippen molar-refractivity contribution in [2.24, 2.45) is 7.05 Å². The Bertz CT molecular complexity index is 1120. The number of nitrogens with one attached hydrogen (secondary N) is 1. The summed E-state index contributed by atoms with van der Waals surface area (Å²) in [5.74, 6) is 0.219. The number of aryl methyl sites for hydroxylation is 1. The third-order valence-corrected chi connectivity index (χ3v) is 4.12. The van der Waals surface area contributed by atoms with E-state index in [2.05, 4.69) is 20.3 Å². The van der Waals surface area contributed by atoms with Crippen LogP contribution in [0, 0.1) is 0 Å². The number of nitrogens with zero attached hydrogens (tertiary/aromatic N) is 4. The molecule has 0 atom stereocenters. The molecule has 0 aliphatic heterocycles. The number of hydrogen-bond donors (Lipinski definition) is 1. The molecule has 2 heterocycles. The topological polar surface area (TPSA) is 55.6 Å². The lowest BCUT2D eigenvalue weighted by Gasteiger charge is -2.10. The molecule has 0 unspecified atom stereocenters. The zero-order valence-electron chi connectivity index (χ0n) is 14.2. The maximum Gasteiger partial charge on any atom is 0.416 e. The predicted octanol–water partition coefficient (Wildman–Crippen LogP) is 4.79. The van der Waals surface area contributed by atoms with E-state index in [9.17, 15) is 13.2 Å². The summed E-state index contributed by atoms with van der Waals surface area (Å²) in [5, 5.41) is 2.83. The Labute approximate surface area is 152 Å². The summed E-state index contributed by atoms with van der Waals surface area (Å²) in [4.78, 5) is 12.8. The third-order valence-electron chi connectivity index (χ3n) is 4.12. The highest BCUT2D eigenvalue weighted by molar-refractivity contribution is 5.81. The van der Waals surface area contributed by atoms with Gasteiger partial charge in [0.25, 0.3) is 0 Å². The maximum atomic E-state index is 12.9. The molecule has 0 amide bonds. The van der Waals surface area contributed by atoms with Crippen LogP contribution < -0.4 is 5.32 Å². The molecule has 2 aromatic carbocycles. The number of hydrogen-bond acceptors (Lipinski definition) is 4. The van der Waals surface area contributed by atoms with Crippen molar-refractivity contribution in [3.05, 3.63) is 66.6 Å². The molecule has 0 fully saturated rings. The van der Waals surface area contributed by atoms with Gasteiger partial charge in [-0.3, -0.25) is 0 Å². The van der Waals surface area contributed by atoms with Crippen LogP contribution in [-0.4, -0.2) is 19.5 Å². The predicted molar refractivity (Wildman–Crippen MR) is 96.5 cm³/mol. The van der Waals surface area contributed by atoms with Gasteiger partial charge in [-0.25, -0.2) is 15.0 Å². The SMILES string of the molecule is Cn1cnc2ccc(-c3ccnc(Nc4cccc(C(F)(F)F)c4)n3)cc21. The molecule has 0 aliphatic rings. The van der Waals surface area contributed by atoms with Gasteiger partial charge >= 0.3 is 6.18 Å². The highest BCUT2D eigenvalue weighted by atomic mass is 19.4. The van der Waals surface area contributed by atoms with E-state index in [1.165, 1.54) is 12.1 Å². The number of imidazole rings is 1. The fourth-order valence-electron chi connectivity index (χ4n) is 2.77. The first-order valence-corrected chi connectivity index (χ1v) is 8.09. The van der Waals surface area contributed by atoms with Gasteiger partial charge in [-0.15, -0.1) is 0 Å². The molecule has 0 radical (unpaired) electrons. The Morgan fingerprint density at radius 2 is 1.85 bits per heavy atom. The van der Waals surface area contributed by atoms with Crippen LogP contribution in [0.25, 0.3) is 22.3 Å². The van der Waals surface area contributed by atoms with Gasteiger partial charge in [0.15, 0.2) is 0 Å². The zero-order valence-corrected chi connectivity index (χ0v) is 14.2. The molecule has 4 rings (SSSR count). The Hall–Kier alpha value is -3.42. The minimum Gasteiger partial charge on any atom is -0.334 e. The van der Waals surface area contributed by atoms with E-state index in [1.54, 1.807) is 18.6 Å². The number of alkyl halides is 3. The Balaban J connectivity index is 1.65. The van der Waals surface area contributed by atoms with Crippen molar-refractivity contribution in [2.75, 3.05) is 5.32 Å². The van der Waals surface area contributed by atoms with Crippen LogP contribution in [0.3, 0.4) is 0 Å². The van der Waals surface area contributed by atoms with E-state index >= 15 is 0 Å². The minimum atomic E-state index is -4.40. The largest absolute Gasteiger partial charge is 0.416 e. The molecule has 1 N–H and O–H groups in total. The van der Waals surface area contributed by atoms with Crippen molar-refractivity contribution >= 4 is 22.7 Å². The summed E-state index contributed by atoms with van der Waals surface area (Å²) < 4.78 is 40.5. The van der Waals surface area contributed by atoms with Gasteiger partial charge in [0.1, 0.15) is 0 Å². The quantitative estimate of drug-likeness (QED) is 0.564. The zero-order chi connectivity index (χ0) is 19.0. The average molecular weight is 369 g/mol. The highest BCUT2D eigenvalue weighted by Crippen LogP contribution is 2.31. The van der Waals surface area contributed by atoms with E-state index in [0.29, 0.717) is 5.69 Å². The average Bonchev–Trinajstić information content (AvgIpc) is 3.02. The van der Waals surface area contributed by atoms with Crippen LogP contribution in [0.15, 0.2) is 61.1 Å². The van der Waals surface area contributed by atoms with Crippen LogP contribution in [-0.2, 0) is 13.2 Å². The molecule has 0 aliphatic carbocycles. The monoisotopic (exact) mass is 369 g/mol. The summed E-state index contributed by atoms with van der Waals surface area (Å²) in [5.41, 5.74) is 2.88. The molecule has 4 aromatic rings. The van der Waals surface area contributed by atoms with Crippen molar-refractivity contribution in [3.63, 3.8) is 0 Å². The van der Waals surface area contributed by atoms with Crippen LogP contribution in [0.4, 0.5) is 24.8 Å². The second-order valence-electron chi connectivity index (χ2n) is 6.03. The summed E-state index contributed by atoms with van der Waals surface area (Å²) in [6.07, 6.45) is -1.11. The standard InChI is InChI=1S/C19H14F3N5/c1-27-11-24-16-6-5-12(9-17(16)27)15-7-8-23-18(26-15)25-14-4-2-3-13(10-14)19(20,21)22/h2-11H,1H3,(H,23,25,26). The number of benzene rings is 2. The molecule has 0 saturated carbocycles. The van der Waals surface area contributed by atoms with Crippen LogP contribution >= 0.6 is 0 Å². The third kappa shape index (κ3) is 3.46. The van der Waals surface area contributed by atoms with Gasteiger partial charge in [0, 0.05) is 24.5 Å². The maximum absolute atomic E-state index is 12.9. The lowest BCUT2D eigenvalue weighted by Crippen LogP contribution is -2.05. The lowest BCUT2D eigenvalue weighted by atomic mass is 10.1. The van der Waals surface area contributed by atoms with E-state index in [4.69, 9.17) is 0 Å². The van der Waals surface area contributed by atoms with Gasteiger partial charge in [0.2, 0.25) is 5.95 Å². The summed E-state index contributed by atoms with van der Waals surface area (Å²) in [7, 11) is 1.90. The molecule has 0 spiro atoms. The summed E-state index contributed by atoms with van der Waals surface area (Å²) >= 11 is 0. The number of halogens is 3. The van der Waals surface area contributed by atoms with Crippen LogP contribution in [0.5, 0.6) is 0 Å². The van der Waals surface area contributed by atoms with E-state index in [-0.39, 0.29) is 11.6 Å². The van der Waals surface area contributed by atoms with Crippen molar-refractivity contribution in [3.8, 4) is 11.3 Å². The number of fused-ring (bicyclic) bond motifs is 1. The first-order chi connectivity index (χ1) is 12.9. The van der Waals surface area contributed by atoms with E-state index < -0.39 is 11.7 Å². The van der Waals surface area contributed by atoms with Gasteiger partial charge in [-0.1, -0.05) is 12.1 Å². The van der Waals surface area contributed by atoms with Crippen molar-refractivity contribution in [1.82, 2.24) is 19.5 Å². The van der Waals surface area contributed by atoms with Gasteiger partial charge in [-0.05, 0) is 36.4 Å². The Kier molecular flexibility index (Phi) is 4.02. The fourth-order valence-corrected chi connectivity index (χ4v) is 2.77. The fraction of sp³-hybridized carbons (Fsp3) is 0.105. The molecule has 136 valence electrons. The summed E-state index contributed by atoms with van der Waals surface area (Å²) in [6, 6.07) is 12.4. The molecule has 2 aromatic heterocycles. The second-order valence-corrected chi connectivity index (χ2v) is 6.03. The smallest absolute Gasteiger partial charge is 0.334 e. The number of rotatable bonds is 3. The molecule has 0 bridgehead atoms. The molecule has 0 saturated heterocycles. The number of anilines is 2. The molecule has 8 heteroatoms. The normalized spacial score (nSPS) is 11.7. The van der Waals surface area contributed by atoms with Crippen molar-refractivity contribution in [1.29, 1.82) is 0 Å². The van der Waals surface area contributed by atoms with Gasteiger partial charge in [-0.2, -0.15) is 13.2 Å². The van der Waals surface area contributed by atoms with Crippen LogP contribution in [0.2, 0.25) is 0 Å². The lowest BCUT2D eigenvalue weighted by molar-refractivity contribution is -0.137. The van der Waals surface area contributed by atoms with E-state index in [1.807, 2.05) is 29.8 Å². The first kappa shape index (κ1) is 17.0. The Morgan fingerprint density at radius 1 is 1.00 bits per heavy atom. The highest BCUT2D eigenvalue weighted by Gasteiger charge is 2.30. The van der Waals surface area contributed by atoms with Gasteiger partial charge in [0.05, 0.1) is 28.6 Å². The van der Waals surface area contributed by atoms with Gasteiger partial charge < -0.3 is 9.88 Å². The minimum absolute atomic E-state index is 0.219. The second kappa shape index (κ2) is 6.39. The van der Waals surface area contributed by atoms with Crippen molar-refractivity contribution < 1.29 is 13.2 Å².